The second-order valence-corrected chi connectivity index (χ2v) is 9.56. The molecule has 39 heavy (non-hydrogen) atoms. The smallest absolute Gasteiger partial charge is 0.335 e. The number of carbonyl (C=O) groups is 4. The molecule has 0 bridgehead atoms. The Kier molecular flexibility index (Phi) is 8.49. The van der Waals surface area contributed by atoms with Crippen LogP contribution in [0.25, 0.3) is 6.08 Å². The second-order valence-electron chi connectivity index (χ2n) is 8.40. The summed E-state index contributed by atoms with van der Waals surface area (Å²) in [7, 11) is 2.93. The minimum atomic E-state index is -0.854. The highest BCUT2D eigenvalue weighted by molar-refractivity contribution is 14.1. The average Bonchev–Trinajstić information content (AvgIpc) is 2.90. The zero-order valence-electron chi connectivity index (χ0n) is 21.2. The van der Waals surface area contributed by atoms with E-state index in [0.29, 0.717) is 32.1 Å². The molecule has 1 aliphatic heterocycles. The lowest BCUT2D eigenvalue weighted by atomic mass is 10.1. The summed E-state index contributed by atoms with van der Waals surface area (Å²) in [5.41, 5.74) is 2.16. The number of methoxy groups -OCH3 is 2. The number of imide groups is 2. The molecule has 4 rings (SSSR count). The number of urea groups is 1. The van der Waals surface area contributed by atoms with Crippen LogP contribution in [0.15, 0.2) is 66.2 Å². The zero-order chi connectivity index (χ0) is 28.1. The topological polar surface area (TPSA) is 123 Å². The number of nitrogens with zero attached hydrogens (tertiary/aromatic N) is 1. The maximum Gasteiger partial charge on any atom is 0.335 e. The van der Waals surface area contributed by atoms with E-state index < -0.39 is 17.8 Å². The Hall–Kier alpha value is -4.39. The number of benzene rings is 3. The minimum Gasteiger partial charge on any atom is -0.497 e. The largest absolute Gasteiger partial charge is 0.497 e. The van der Waals surface area contributed by atoms with Crippen molar-refractivity contribution in [3.8, 4) is 17.2 Å². The molecule has 200 valence electrons. The molecule has 3 aromatic rings. The van der Waals surface area contributed by atoms with Crippen LogP contribution in [0.3, 0.4) is 0 Å². The van der Waals surface area contributed by atoms with E-state index in [1.807, 2.05) is 47.7 Å². The van der Waals surface area contributed by atoms with E-state index in [4.69, 9.17) is 14.2 Å². The third-order valence-electron chi connectivity index (χ3n) is 5.64. The van der Waals surface area contributed by atoms with Gasteiger partial charge in [-0.1, -0.05) is 12.1 Å². The van der Waals surface area contributed by atoms with Crippen molar-refractivity contribution in [2.75, 3.05) is 31.0 Å². The van der Waals surface area contributed by atoms with Gasteiger partial charge in [-0.3, -0.25) is 19.7 Å². The van der Waals surface area contributed by atoms with E-state index in [9.17, 15) is 19.2 Å². The predicted molar refractivity (Wildman–Crippen MR) is 153 cm³/mol. The van der Waals surface area contributed by atoms with Gasteiger partial charge in [-0.2, -0.15) is 0 Å². The summed E-state index contributed by atoms with van der Waals surface area (Å²) in [5.74, 6) is -0.782. The van der Waals surface area contributed by atoms with Crippen molar-refractivity contribution < 1.29 is 33.4 Å². The van der Waals surface area contributed by atoms with Gasteiger partial charge in [0.05, 0.1) is 23.5 Å². The molecule has 0 aliphatic carbocycles. The van der Waals surface area contributed by atoms with Crippen molar-refractivity contribution in [2.45, 2.75) is 6.92 Å². The van der Waals surface area contributed by atoms with Crippen molar-refractivity contribution in [3.63, 3.8) is 0 Å². The van der Waals surface area contributed by atoms with Crippen LogP contribution in [-0.2, 0) is 14.4 Å². The number of aryl methyl sites for hydroxylation is 1. The Bertz CT molecular complexity index is 1480. The molecule has 5 amide bonds. The highest BCUT2D eigenvalue weighted by Crippen LogP contribution is 2.35. The van der Waals surface area contributed by atoms with E-state index >= 15 is 0 Å². The van der Waals surface area contributed by atoms with Gasteiger partial charge in [-0.15, -0.1) is 0 Å². The summed E-state index contributed by atoms with van der Waals surface area (Å²) in [6.45, 7) is 1.66. The van der Waals surface area contributed by atoms with Gasteiger partial charge in [0.15, 0.2) is 18.1 Å². The van der Waals surface area contributed by atoms with Crippen LogP contribution in [0.2, 0.25) is 0 Å². The minimum absolute atomic E-state index is 0.241. The van der Waals surface area contributed by atoms with Gasteiger partial charge in [0, 0.05) is 5.69 Å². The fourth-order valence-corrected chi connectivity index (χ4v) is 4.59. The molecule has 0 radical (unpaired) electrons. The van der Waals surface area contributed by atoms with E-state index in [0.717, 1.165) is 10.5 Å². The molecule has 2 N–H and O–H groups in total. The number of ether oxygens (including phenoxy) is 3. The van der Waals surface area contributed by atoms with Gasteiger partial charge in [-0.25, -0.2) is 9.69 Å². The molecule has 1 aliphatic rings. The Balaban J connectivity index is 1.55. The van der Waals surface area contributed by atoms with Gasteiger partial charge in [0.2, 0.25) is 0 Å². The Labute approximate surface area is 238 Å². The Morgan fingerprint density at radius 1 is 1.03 bits per heavy atom. The maximum atomic E-state index is 13.2. The van der Waals surface area contributed by atoms with Gasteiger partial charge in [0.1, 0.15) is 11.3 Å². The van der Waals surface area contributed by atoms with Crippen LogP contribution >= 0.6 is 22.6 Å². The van der Waals surface area contributed by atoms with Crippen LogP contribution in [-0.4, -0.2) is 44.6 Å². The van der Waals surface area contributed by atoms with Gasteiger partial charge in [-0.05, 0) is 95.2 Å². The van der Waals surface area contributed by atoms with Gasteiger partial charge < -0.3 is 19.5 Å². The van der Waals surface area contributed by atoms with Gasteiger partial charge in [0.25, 0.3) is 17.7 Å². The normalized spacial score (nSPS) is 14.2. The van der Waals surface area contributed by atoms with Crippen molar-refractivity contribution in [1.29, 1.82) is 0 Å². The molecular weight excluding hydrogens is 617 g/mol. The molecule has 0 spiro atoms. The van der Waals surface area contributed by atoms with Crippen LogP contribution in [0.4, 0.5) is 16.2 Å². The Morgan fingerprint density at radius 3 is 2.44 bits per heavy atom. The number of carbonyl (C=O) groups excluding carboxylic acids is 4. The van der Waals surface area contributed by atoms with Crippen LogP contribution in [0, 0.1) is 10.5 Å². The van der Waals surface area contributed by atoms with E-state index in [-0.39, 0.29) is 23.8 Å². The third kappa shape index (κ3) is 6.37. The van der Waals surface area contributed by atoms with Crippen molar-refractivity contribution in [3.05, 3.63) is 80.9 Å². The number of hydrogen-bond donors (Lipinski definition) is 2. The predicted octanol–water partition coefficient (Wildman–Crippen LogP) is 4.30. The highest BCUT2D eigenvalue weighted by atomic mass is 127. The number of halogens is 1. The van der Waals surface area contributed by atoms with Crippen LogP contribution in [0.1, 0.15) is 11.1 Å². The van der Waals surface area contributed by atoms with Gasteiger partial charge >= 0.3 is 6.03 Å². The van der Waals surface area contributed by atoms with E-state index in [1.54, 1.807) is 30.3 Å². The molecule has 0 saturated carbocycles. The summed E-state index contributed by atoms with van der Waals surface area (Å²) >= 11 is 2.01. The maximum absolute atomic E-state index is 13.2. The number of rotatable bonds is 8. The summed E-state index contributed by atoms with van der Waals surface area (Å²) < 4.78 is 16.9. The van der Waals surface area contributed by atoms with E-state index in [1.165, 1.54) is 32.4 Å². The lowest BCUT2D eigenvalue weighted by Gasteiger charge is -2.26. The fourth-order valence-electron chi connectivity index (χ4n) is 3.81. The highest BCUT2D eigenvalue weighted by Gasteiger charge is 2.37. The molecule has 10 nitrogen and oxygen atoms in total. The first kappa shape index (κ1) is 27.6. The van der Waals surface area contributed by atoms with Crippen molar-refractivity contribution in [1.82, 2.24) is 5.32 Å². The van der Waals surface area contributed by atoms with Crippen LogP contribution in [0.5, 0.6) is 17.2 Å². The molecule has 0 atom stereocenters. The van der Waals surface area contributed by atoms with Crippen molar-refractivity contribution >= 4 is 63.8 Å². The first-order chi connectivity index (χ1) is 18.7. The monoisotopic (exact) mass is 641 g/mol. The fraction of sp³-hybridized carbons (Fsp3) is 0.143. The number of hydrogen-bond acceptors (Lipinski definition) is 7. The lowest BCUT2D eigenvalue weighted by molar-refractivity contribution is -0.122. The molecule has 1 heterocycles. The number of nitrogens with one attached hydrogen (secondary N) is 2. The zero-order valence-corrected chi connectivity index (χ0v) is 23.4. The molecule has 3 aromatic carbocycles. The quantitative estimate of drug-likeness (QED) is 0.214. The molecule has 1 fully saturated rings. The lowest BCUT2D eigenvalue weighted by Crippen LogP contribution is -2.54. The average molecular weight is 641 g/mol. The number of amides is 5. The SMILES string of the molecule is COc1ccc(N2C(=O)NC(=O)/C(=C\c3cc(I)c(OCC(=O)Nc4cccc(C)c4)c(OC)c3)C2=O)cc1. The summed E-state index contributed by atoms with van der Waals surface area (Å²) in [4.78, 5) is 51.5. The second kappa shape index (κ2) is 12.0. The first-order valence-electron chi connectivity index (χ1n) is 11.6. The summed E-state index contributed by atoms with van der Waals surface area (Å²) in [6, 6.07) is 16.0. The first-order valence-corrected chi connectivity index (χ1v) is 12.7. The van der Waals surface area contributed by atoms with E-state index in [2.05, 4.69) is 10.6 Å². The number of barbiturate groups is 1. The standard InChI is InChI=1S/C28H24IN3O7/c1-16-5-4-6-18(11-16)30-24(33)15-39-25-22(29)13-17(14-23(25)38-3)12-21-26(34)31-28(36)32(27(21)35)19-7-9-20(37-2)10-8-19/h4-14H,15H2,1-3H3,(H,30,33)(H,31,34,36)/b21-12+. The molecular formula is C28H24IN3O7. The molecule has 1 saturated heterocycles. The Morgan fingerprint density at radius 2 is 1.77 bits per heavy atom. The third-order valence-corrected chi connectivity index (χ3v) is 6.45. The number of anilines is 2. The molecule has 0 aromatic heterocycles. The summed E-state index contributed by atoms with van der Waals surface area (Å²) in [6.07, 6.45) is 1.36. The van der Waals surface area contributed by atoms with Crippen molar-refractivity contribution in [2.24, 2.45) is 0 Å². The van der Waals surface area contributed by atoms with Crippen LogP contribution < -0.4 is 29.7 Å². The summed E-state index contributed by atoms with van der Waals surface area (Å²) in [5, 5.41) is 4.97. The molecule has 11 heteroatoms. The molecule has 0 unspecified atom stereocenters.